The van der Waals surface area contributed by atoms with E-state index in [1.807, 2.05) is 53.1 Å². The molecule has 3 heterocycles. The molecule has 0 aliphatic rings. The summed E-state index contributed by atoms with van der Waals surface area (Å²) in [5, 5.41) is 8.80. The van der Waals surface area contributed by atoms with Gasteiger partial charge in [-0.2, -0.15) is 0 Å². The molecule has 0 saturated carbocycles. The molecular formula is C22H19BrN6O3. The lowest BCUT2D eigenvalue weighted by atomic mass is 10.1. The van der Waals surface area contributed by atoms with E-state index in [0.29, 0.717) is 47.0 Å². The summed E-state index contributed by atoms with van der Waals surface area (Å²) in [7, 11) is 3.19. The van der Waals surface area contributed by atoms with Gasteiger partial charge in [-0.05, 0) is 30.2 Å². The molecule has 0 saturated heterocycles. The van der Waals surface area contributed by atoms with E-state index in [-0.39, 0.29) is 0 Å². The second-order valence-corrected chi connectivity index (χ2v) is 8.30. The Bertz CT molecular complexity index is 1580. The third kappa shape index (κ3) is 3.14. The highest BCUT2D eigenvalue weighted by Gasteiger charge is 2.24. The number of nitrogens with one attached hydrogen (secondary N) is 1. The maximum Gasteiger partial charge on any atom is 0.329 e. The second kappa shape index (κ2) is 7.79. The molecule has 9 nitrogen and oxygen atoms in total. The van der Waals surface area contributed by atoms with E-state index in [4.69, 9.17) is 4.74 Å². The van der Waals surface area contributed by atoms with Crippen LogP contribution in [-0.4, -0.2) is 35.8 Å². The van der Waals surface area contributed by atoms with Crippen molar-refractivity contribution in [3.8, 4) is 17.1 Å². The zero-order valence-corrected chi connectivity index (χ0v) is 19.0. The number of hydrogen-bond donors (Lipinski definition) is 1. The number of halogens is 1. The molecule has 0 unspecified atom stereocenters. The molecule has 0 bridgehead atoms. The van der Waals surface area contributed by atoms with E-state index < -0.39 is 11.2 Å². The van der Waals surface area contributed by atoms with Crippen LogP contribution in [0.15, 0.2) is 62.6 Å². The Morgan fingerprint density at radius 1 is 1.09 bits per heavy atom. The Labute approximate surface area is 190 Å². The van der Waals surface area contributed by atoms with Crippen molar-refractivity contribution in [2.75, 3.05) is 7.11 Å². The maximum atomic E-state index is 12.9. The molecule has 5 rings (SSSR count). The highest BCUT2D eigenvalue weighted by Crippen LogP contribution is 2.33. The minimum Gasteiger partial charge on any atom is -0.496 e. The summed E-state index contributed by atoms with van der Waals surface area (Å²) in [4.78, 5) is 27.7. The predicted octanol–water partition coefficient (Wildman–Crippen LogP) is 2.75. The molecule has 0 amide bonds. The third-order valence-electron chi connectivity index (χ3n) is 5.51. The van der Waals surface area contributed by atoms with Crippen molar-refractivity contribution < 1.29 is 4.74 Å². The molecule has 2 aromatic carbocycles. The van der Waals surface area contributed by atoms with Gasteiger partial charge in [0.2, 0.25) is 5.78 Å². The van der Waals surface area contributed by atoms with Crippen molar-refractivity contribution in [1.29, 1.82) is 0 Å². The maximum absolute atomic E-state index is 12.9. The van der Waals surface area contributed by atoms with Gasteiger partial charge in [-0.3, -0.25) is 14.3 Å². The van der Waals surface area contributed by atoms with E-state index in [1.54, 1.807) is 18.6 Å². The van der Waals surface area contributed by atoms with Gasteiger partial charge in [-0.25, -0.2) is 9.20 Å². The highest BCUT2D eigenvalue weighted by atomic mass is 79.9. The van der Waals surface area contributed by atoms with Crippen molar-refractivity contribution in [2.45, 2.75) is 13.0 Å². The molecule has 32 heavy (non-hydrogen) atoms. The number of aryl methyl sites for hydroxylation is 3. The minimum atomic E-state index is -0.509. The number of aromatic amines is 1. The SMILES string of the molecule is COc1ccc(Br)cc1-c1nnc2n(CCc3ccccc3)c3c(=O)[nH]c(=O)n(C)c3n12. The standard InChI is InChI=1S/C22H19BrN6O3/c1-27-20-17(19(30)24-22(27)31)28(11-10-13-6-4-3-5-7-13)21-26-25-18(29(20)21)15-12-14(23)8-9-16(15)32-2/h3-9,12H,10-11H2,1-2H3,(H,24,30,31). The number of nitrogens with zero attached hydrogens (tertiary/aromatic N) is 5. The molecular weight excluding hydrogens is 476 g/mol. The van der Waals surface area contributed by atoms with E-state index in [1.165, 1.54) is 4.57 Å². The number of benzene rings is 2. The first-order chi connectivity index (χ1) is 15.5. The van der Waals surface area contributed by atoms with E-state index >= 15 is 0 Å². The third-order valence-corrected chi connectivity index (χ3v) is 6.00. The summed E-state index contributed by atoms with van der Waals surface area (Å²) in [5.74, 6) is 1.55. The average Bonchev–Trinajstić information content (AvgIpc) is 3.35. The van der Waals surface area contributed by atoms with Gasteiger partial charge in [0, 0.05) is 18.1 Å². The van der Waals surface area contributed by atoms with E-state index in [0.717, 1.165) is 10.0 Å². The van der Waals surface area contributed by atoms with Crippen molar-refractivity contribution in [3.05, 3.63) is 79.4 Å². The van der Waals surface area contributed by atoms with Crippen LogP contribution in [-0.2, 0) is 20.0 Å². The minimum absolute atomic E-state index is 0.364. The number of methoxy groups -OCH3 is 1. The van der Waals surface area contributed by atoms with Gasteiger partial charge in [-0.15, -0.1) is 10.2 Å². The fourth-order valence-electron chi connectivity index (χ4n) is 3.97. The van der Waals surface area contributed by atoms with Crippen LogP contribution >= 0.6 is 15.9 Å². The Balaban J connectivity index is 1.82. The molecule has 0 aliphatic heterocycles. The smallest absolute Gasteiger partial charge is 0.329 e. The molecule has 5 aromatic rings. The number of imidazole rings is 1. The first-order valence-electron chi connectivity index (χ1n) is 9.94. The molecule has 1 N–H and O–H groups in total. The molecule has 10 heteroatoms. The normalized spacial score (nSPS) is 11.5. The average molecular weight is 495 g/mol. The molecule has 0 spiro atoms. The second-order valence-electron chi connectivity index (χ2n) is 7.38. The van der Waals surface area contributed by atoms with Crippen molar-refractivity contribution in [2.24, 2.45) is 7.05 Å². The molecule has 0 aliphatic carbocycles. The number of H-pyrrole nitrogens is 1. The Kier molecular flexibility index (Phi) is 4.93. The first-order valence-corrected chi connectivity index (χ1v) is 10.7. The highest BCUT2D eigenvalue weighted by molar-refractivity contribution is 9.10. The summed E-state index contributed by atoms with van der Waals surface area (Å²) in [6.07, 6.45) is 0.685. The van der Waals surface area contributed by atoms with Crippen LogP contribution in [0.25, 0.3) is 28.3 Å². The lowest BCUT2D eigenvalue weighted by Gasteiger charge is -2.08. The summed E-state index contributed by atoms with van der Waals surface area (Å²) in [6, 6.07) is 15.5. The molecule has 162 valence electrons. The fourth-order valence-corrected chi connectivity index (χ4v) is 4.33. The molecule has 3 aromatic heterocycles. The van der Waals surface area contributed by atoms with E-state index in [2.05, 4.69) is 31.1 Å². The van der Waals surface area contributed by atoms with Gasteiger partial charge >= 0.3 is 5.69 Å². The van der Waals surface area contributed by atoms with Gasteiger partial charge in [-0.1, -0.05) is 46.3 Å². The number of rotatable bonds is 5. The molecule has 0 radical (unpaired) electrons. The Morgan fingerprint density at radius 3 is 2.62 bits per heavy atom. The van der Waals surface area contributed by atoms with Crippen molar-refractivity contribution in [1.82, 2.24) is 28.7 Å². The van der Waals surface area contributed by atoms with Gasteiger partial charge in [0.05, 0.1) is 12.7 Å². The van der Waals surface area contributed by atoms with Gasteiger partial charge in [0.25, 0.3) is 5.56 Å². The van der Waals surface area contributed by atoms with Crippen LogP contribution in [0.4, 0.5) is 0 Å². The summed E-state index contributed by atoms with van der Waals surface area (Å²) < 4.78 is 11.3. The van der Waals surface area contributed by atoms with Crippen LogP contribution in [0.3, 0.4) is 0 Å². The number of fused-ring (bicyclic) bond motifs is 3. The predicted molar refractivity (Wildman–Crippen MR) is 124 cm³/mol. The Morgan fingerprint density at radius 2 is 1.88 bits per heavy atom. The zero-order valence-electron chi connectivity index (χ0n) is 17.4. The largest absolute Gasteiger partial charge is 0.496 e. The fraction of sp³-hybridized carbons (Fsp3) is 0.182. The lowest BCUT2D eigenvalue weighted by Crippen LogP contribution is -2.29. The van der Waals surface area contributed by atoms with Crippen molar-refractivity contribution >= 4 is 32.9 Å². The first kappa shape index (κ1) is 20.3. The lowest BCUT2D eigenvalue weighted by molar-refractivity contribution is 0.416. The summed E-state index contributed by atoms with van der Waals surface area (Å²) in [5.41, 5.74) is 1.62. The monoisotopic (exact) mass is 494 g/mol. The van der Waals surface area contributed by atoms with Crippen LogP contribution < -0.4 is 16.0 Å². The molecule has 0 atom stereocenters. The molecule has 0 fully saturated rings. The Hall–Kier alpha value is -3.66. The summed E-state index contributed by atoms with van der Waals surface area (Å²) in [6.45, 7) is 0.492. The summed E-state index contributed by atoms with van der Waals surface area (Å²) >= 11 is 3.49. The van der Waals surface area contributed by atoms with Gasteiger partial charge < -0.3 is 9.30 Å². The van der Waals surface area contributed by atoms with Gasteiger partial charge in [0.1, 0.15) is 5.75 Å². The van der Waals surface area contributed by atoms with Gasteiger partial charge in [0.15, 0.2) is 17.0 Å². The van der Waals surface area contributed by atoms with Crippen LogP contribution in [0.5, 0.6) is 5.75 Å². The van der Waals surface area contributed by atoms with Crippen LogP contribution in [0, 0.1) is 0 Å². The van der Waals surface area contributed by atoms with E-state index in [9.17, 15) is 9.59 Å². The quantitative estimate of drug-likeness (QED) is 0.405. The van der Waals surface area contributed by atoms with Crippen LogP contribution in [0.1, 0.15) is 5.56 Å². The number of hydrogen-bond acceptors (Lipinski definition) is 5. The number of aromatic nitrogens is 6. The zero-order chi connectivity index (χ0) is 22.4. The topological polar surface area (TPSA) is 99.2 Å². The number of ether oxygens (including phenoxy) is 1. The van der Waals surface area contributed by atoms with Crippen LogP contribution in [0.2, 0.25) is 0 Å². The van der Waals surface area contributed by atoms with Crippen molar-refractivity contribution in [3.63, 3.8) is 0 Å².